The Morgan fingerprint density at radius 3 is 2.74 bits per heavy atom. The van der Waals surface area contributed by atoms with Crippen LogP contribution < -0.4 is 0 Å². The van der Waals surface area contributed by atoms with Crippen molar-refractivity contribution in [3.63, 3.8) is 0 Å². The molecular formula is C15H19N3O. The van der Waals surface area contributed by atoms with Crippen molar-refractivity contribution >= 4 is 16.8 Å². The van der Waals surface area contributed by atoms with Gasteiger partial charge in [-0.25, -0.2) is 9.97 Å². The van der Waals surface area contributed by atoms with E-state index >= 15 is 0 Å². The molecular weight excluding hydrogens is 238 g/mol. The Hall–Kier alpha value is -1.97. The highest BCUT2D eigenvalue weighted by molar-refractivity contribution is 6.04. The van der Waals surface area contributed by atoms with E-state index in [1.807, 2.05) is 38.2 Å². The van der Waals surface area contributed by atoms with Crippen molar-refractivity contribution in [1.82, 2.24) is 14.9 Å². The number of carbonyl (C=O) groups excluding carboxylic acids is 1. The van der Waals surface area contributed by atoms with Gasteiger partial charge in [-0.05, 0) is 19.4 Å². The van der Waals surface area contributed by atoms with Gasteiger partial charge >= 0.3 is 0 Å². The van der Waals surface area contributed by atoms with Gasteiger partial charge in [0.2, 0.25) is 0 Å². The van der Waals surface area contributed by atoms with Gasteiger partial charge in [0.1, 0.15) is 11.5 Å². The molecule has 4 heteroatoms. The van der Waals surface area contributed by atoms with Crippen molar-refractivity contribution in [3.05, 3.63) is 35.8 Å². The fraction of sp³-hybridized carbons (Fsp3) is 0.400. The number of nitrogens with zero attached hydrogens (tertiary/aromatic N) is 3. The molecule has 4 nitrogen and oxygen atoms in total. The van der Waals surface area contributed by atoms with E-state index in [1.54, 1.807) is 4.90 Å². The normalized spacial score (nSPS) is 10.7. The molecule has 1 aromatic carbocycles. The molecule has 1 amide bonds. The summed E-state index contributed by atoms with van der Waals surface area (Å²) in [7, 11) is 1.82. The van der Waals surface area contributed by atoms with E-state index in [2.05, 4.69) is 16.9 Å². The molecule has 0 spiro atoms. The van der Waals surface area contributed by atoms with Crippen LogP contribution >= 0.6 is 0 Å². The van der Waals surface area contributed by atoms with Gasteiger partial charge in [-0.2, -0.15) is 0 Å². The second-order valence-electron chi connectivity index (χ2n) is 4.72. The van der Waals surface area contributed by atoms with Crippen LogP contribution in [0, 0.1) is 6.92 Å². The third-order valence-electron chi connectivity index (χ3n) is 3.11. The fourth-order valence-corrected chi connectivity index (χ4v) is 2.03. The number of benzene rings is 1. The van der Waals surface area contributed by atoms with Crippen molar-refractivity contribution in [3.8, 4) is 0 Å². The van der Waals surface area contributed by atoms with E-state index in [0.717, 1.165) is 30.3 Å². The lowest BCUT2D eigenvalue weighted by molar-refractivity contribution is 0.0789. The Morgan fingerprint density at radius 2 is 2.00 bits per heavy atom. The maximum absolute atomic E-state index is 12.5. The van der Waals surface area contributed by atoms with Gasteiger partial charge in [0.15, 0.2) is 0 Å². The topological polar surface area (TPSA) is 46.1 Å². The van der Waals surface area contributed by atoms with E-state index < -0.39 is 0 Å². The summed E-state index contributed by atoms with van der Waals surface area (Å²) in [6, 6.07) is 7.64. The number of fused-ring (bicyclic) bond motifs is 1. The number of carbonyl (C=O) groups is 1. The van der Waals surface area contributed by atoms with Gasteiger partial charge in [-0.3, -0.25) is 4.79 Å². The lowest BCUT2D eigenvalue weighted by Gasteiger charge is -2.17. The Morgan fingerprint density at radius 1 is 1.26 bits per heavy atom. The standard InChI is InChI=1S/C15H19N3O/c1-4-5-10-18(3)15(19)14-12-8-6-7-9-13(12)16-11(2)17-14/h6-9H,4-5,10H2,1-3H3. The van der Waals surface area contributed by atoms with Gasteiger partial charge in [-0.15, -0.1) is 0 Å². The summed E-state index contributed by atoms with van der Waals surface area (Å²) in [5, 5.41) is 0.821. The van der Waals surface area contributed by atoms with Crippen LogP contribution in [0.4, 0.5) is 0 Å². The summed E-state index contributed by atoms with van der Waals surface area (Å²) < 4.78 is 0. The van der Waals surface area contributed by atoms with Crippen molar-refractivity contribution in [1.29, 1.82) is 0 Å². The minimum Gasteiger partial charge on any atom is -0.340 e. The molecule has 100 valence electrons. The van der Waals surface area contributed by atoms with Crippen LogP contribution in [0.5, 0.6) is 0 Å². The summed E-state index contributed by atoms with van der Waals surface area (Å²) in [6.45, 7) is 4.69. The molecule has 0 atom stereocenters. The molecule has 0 aliphatic rings. The zero-order valence-electron chi connectivity index (χ0n) is 11.7. The van der Waals surface area contributed by atoms with Crippen molar-refractivity contribution in [2.45, 2.75) is 26.7 Å². The van der Waals surface area contributed by atoms with Crippen molar-refractivity contribution < 1.29 is 4.79 Å². The highest BCUT2D eigenvalue weighted by Gasteiger charge is 2.17. The summed E-state index contributed by atoms with van der Waals surface area (Å²) in [5.74, 6) is 0.598. The number of unbranched alkanes of at least 4 members (excludes halogenated alkanes) is 1. The molecule has 0 aliphatic carbocycles. The maximum Gasteiger partial charge on any atom is 0.272 e. The maximum atomic E-state index is 12.5. The van der Waals surface area contributed by atoms with Crippen LogP contribution in [0.25, 0.3) is 10.9 Å². The number of hydrogen-bond donors (Lipinski definition) is 0. The van der Waals surface area contributed by atoms with Crippen LogP contribution in [0.2, 0.25) is 0 Å². The smallest absolute Gasteiger partial charge is 0.272 e. The molecule has 19 heavy (non-hydrogen) atoms. The first kappa shape index (κ1) is 13.5. The summed E-state index contributed by atoms with van der Waals surface area (Å²) in [4.78, 5) is 22.9. The van der Waals surface area contributed by atoms with Gasteiger partial charge in [-0.1, -0.05) is 31.5 Å². The molecule has 0 saturated carbocycles. The van der Waals surface area contributed by atoms with E-state index in [0.29, 0.717) is 11.5 Å². The predicted octanol–water partition coefficient (Wildman–Crippen LogP) is 2.81. The van der Waals surface area contributed by atoms with E-state index in [9.17, 15) is 4.79 Å². The third kappa shape index (κ3) is 2.89. The number of para-hydroxylation sites is 1. The van der Waals surface area contributed by atoms with Gasteiger partial charge in [0, 0.05) is 19.0 Å². The zero-order valence-corrected chi connectivity index (χ0v) is 11.7. The first-order chi connectivity index (χ1) is 9.13. The second-order valence-corrected chi connectivity index (χ2v) is 4.72. The fourth-order valence-electron chi connectivity index (χ4n) is 2.03. The molecule has 0 fully saturated rings. The van der Waals surface area contributed by atoms with E-state index in [4.69, 9.17) is 0 Å². The summed E-state index contributed by atoms with van der Waals surface area (Å²) in [6.07, 6.45) is 2.07. The Balaban J connectivity index is 2.41. The van der Waals surface area contributed by atoms with Gasteiger partial charge in [0.05, 0.1) is 5.52 Å². The zero-order chi connectivity index (χ0) is 13.8. The predicted molar refractivity (Wildman–Crippen MR) is 76.1 cm³/mol. The number of aromatic nitrogens is 2. The second kappa shape index (κ2) is 5.78. The number of rotatable bonds is 4. The first-order valence-electron chi connectivity index (χ1n) is 6.62. The van der Waals surface area contributed by atoms with Crippen molar-refractivity contribution in [2.24, 2.45) is 0 Å². The number of aryl methyl sites for hydroxylation is 1. The quantitative estimate of drug-likeness (QED) is 0.846. The molecule has 2 aromatic rings. The van der Waals surface area contributed by atoms with Crippen LogP contribution in [-0.4, -0.2) is 34.4 Å². The van der Waals surface area contributed by atoms with Gasteiger partial charge in [0.25, 0.3) is 5.91 Å². The molecule has 2 rings (SSSR count). The van der Waals surface area contributed by atoms with Crippen LogP contribution in [0.3, 0.4) is 0 Å². The Kier molecular flexibility index (Phi) is 4.10. The largest absolute Gasteiger partial charge is 0.340 e. The summed E-state index contributed by atoms with van der Waals surface area (Å²) >= 11 is 0. The molecule has 0 aliphatic heterocycles. The minimum absolute atomic E-state index is 0.0323. The van der Waals surface area contributed by atoms with E-state index in [-0.39, 0.29) is 5.91 Å². The highest BCUT2D eigenvalue weighted by atomic mass is 16.2. The average Bonchev–Trinajstić information content (AvgIpc) is 2.42. The third-order valence-corrected chi connectivity index (χ3v) is 3.11. The molecule has 0 radical (unpaired) electrons. The number of hydrogen-bond acceptors (Lipinski definition) is 3. The van der Waals surface area contributed by atoms with Gasteiger partial charge < -0.3 is 4.90 Å². The highest BCUT2D eigenvalue weighted by Crippen LogP contribution is 2.17. The number of amides is 1. The molecule has 1 aromatic heterocycles. The lowest BCUT2D eigenvalue weighted by Crippen LogP contribution is -2.29. The monoisotopic (exact) mass is 257 g/mol. The summed E-state index contributed by atoms with van der Waals surface area (Å²) in [5.41, 5.74) is 1.32. The molecule has 0 unspecified atom stereocenters. The minimum atomic E-state index is -0.0323. The first-order valence-corrected chi connectivity index (χ1v) is 6.62. The van der Waals surface area contributed by atoms with Crippen LogP contribution in [0.15, 0.2) is 24.3 Å². The Labute approximate surface area is 113 Å². The SMILES string of the molecule is CCCCN(C)C(=O)c1nc(C)nc2ccccc12. The lowest BCUT2D eigenvalue weighted by atomic mass is 10.1. The molecule has 0 saturated heterocycles. The molecule has 0 N–H and O–H groups in total. The Bertz CT molecular complexity index is 595. The molecule has 0 bridgehead atoms. The average molecular weight is 257 g/mol. The van der Waals surface area contributed by atoms with Crippen LogP contribution in [-0.2, 0) is 0 Å². The van der Waals surface area contributed by atoms with Crippen LogP contribution in [0.1, 0.15) is 36.1 Å². The van der Waals surface area contributed by atoms with Crippen molar-refractivity contribution in [2.75, 3.05) is 13.6 Å². The van der Waals surface area contributed by atoms with E-state index in [1.165, 1.54) is 0 Å². The molecule has 1 heterocycles.